The van der Waals surface area contributed by atoms with Crippen LogP contribution in [0.25, 0.3) is 0 Å². The summed E-state index contributed by atoms with van der Waals surface area (Å²) in [4.78, 5) is 12.6. The first kappa shape index (κ1) is 16.5. The Kier molecular flexibility index (Phi) is 5.09. The molecule has 0 saturated heterocycles. The average Bonchev–Trinajstić information content (AvgIpc) is 2.47. The van der Waals surface area contributed by atoms with Crippen LogP contribution in [0.2, 0.25) is 0 Å². The van der Waals surface area contributed by atoms with Crippen molar-refractivity contribution in [2.24, 2.45) is 0 Å². The first-order chi connectivity index (χ1) is 9.86. The molecule has 4 nitrogen and oxygen atoms in total. The van der Waals surface area contributed by atoms with Gasteiger partial charge in [0, 0.05) is 17.1 Å². The topological polar surface area (TPSA) is 63.2 Å². The zero-order valence-electron chi connectivity index (χ0n) is 12.1. The highest BCUT2D eigenvalue weighted by Crippen LogP contribution is 2.30. The normalized spacial score (nSPS) is 18.2. The molecule has 1 aromatic carbocycles. The molecule has 0 unspecified atom stereocenters. The van der Waals surface area contributed by atoms with E-state index in [1.165, 1.54) is 18.6 Å². The van der Waals surface area contributed by atoms with Crippen molar-refractivity contribution in [1.82, 2.24) is 5.32 Å². The van der Waals surface area contributed by atoms with Crippen LogP contribution in [0.5, 0.6) is 0 Å². The molecule has 0 aromatic heterocycles. The van der Waals surface area contributed by atoms with Crippen molar-refractivity contribution in [3.05, 3.63) is 29.8 Å². The molecular formula is C15H20BrNO3S. The second-order valence-electron chi connectivity index (χ2n) is 5.73. The zero-order valence-corrected chi connectivity index (χ0v) is 14.5. The van der Waals surface area contributed by atoms with Gasteiger partial charge < -0.3 is 5.32 Å². The van der Waals surface area contributed by atoms with Gasteiger partial charge in [0.05, 0.1) is 10.4 Å². The molecule has 2 rings (SSSR count). The Morgan fingerprint density at radius 1 is 1.19 bits per heavy atom. The van der Waals surface area contributed by atoms with E-state index in [0.29, 0.717) is 5.56 Å². The summed E-state index contributed by atoms with van der Waals surface area (Å²) in [5, 5.41) is 3.86. The van der Waals surface area contributed by atoms with Crippen LogP contribution in [0, 0.1) is 0 Å². The molecule has 1 N–H and O–H groups in total. The quantitative estimate of drug-likeness (QED) is 0.825. The molecule has 0 heterocycles. The van der Waals surface area contributed by atoms with Crippen LogP contribution in [-0.4, -0.2) is 31.4 Å². The minimum Gasteiger partial charge on any atom is -0.346 e. The van der Waals surface area contributed by atoms with Crippen LogP contribution in [0.3, 0.4) is 0 Å². The van der Waals surface area contributed by atoms with Crippen molar-refractivity contribution in [2.45, 2.75) is 42.5 Å². The number of carbonyl (C=O) groups excluding carboxylic acids is 1. The molecule has 1 fully saturated rings. The van der Waals surface area contributed by atoms with Gasteiger partial charge in [-0.25, -0.2) is 8.42 Å². The maximum Gasteiger partial charge on any atom is 0.251 e. The fourth-order valence-corrected chi connectivity index (χ4v) is 4.02. The van der Waals surface area contributed by atoms with Crippen molar-refractivity contribution in [3.63, 3.8) is 0 Å². The lowest BCUT2D eigenvalue weighted by Crippen LogP contribution is -2.51. The summed E-state index contributed by atoms with van der Waals surface area (Å²) in [6, 6.07) is 6.09. The number of hydrogen-bond donors (Lipinski definition) is 1. The van der Waals surface area contributed by atoms with Crippen molar-refractivity contribution >= 4 is 31.7 Å². The smallest absolute Gasteiger partial charge is 0.251 e. The third-order valence-corrected chi connectivity index (χ3v) is 6.19. The molecule has 0 radical (unpaired) electrons. The molecule has 1 aliphatic carbocycles. The van der Waals surface area contributed by atoms with E-state index < -0.39 is 9.84 Å². The molecule has 0 atom stereocenters. The number of rotatable bonds is 4. The number of hydrogen-bond acceptors (Lipinski definition) is 3. The van der Waals surface area contributed by atoms with Crippen LogP contribution >= 0.6 is 15.9 Å². The lowest BCUT2D eigenvalue weighted by molar-refractivity contribution is 0.0886. The largest absolute Gasteiger partial charge is 0.346 e. The molecule has 0 spiro atoms. The molecule has 0 bridgehead atoms. The monoisotopic (exact) mass is 373 g/mol. The van der Waals surface area contributed by atoms with E-state index in [2.05, 4.69) is 21.2 Å². The van der Waals surface area contributed by atoms with E-state index in [4.69, 9.17) is 0 Å². The minimum absolute atomic E-state index is 0.142. The van der Waals surface area contributed by atoms with Crippen molar-refractivity contribution in [2.75, 3.05) is 11.6 Å². The van der Waals surface area contributed by atoms with Gasteiger partial charge in [0.2, 0.25) is 0 Å². The number of benzene rings is 1. The van der Waals surface area contributed by atoms with Gasteiger partial charge in [-0.15, -0.1) is 0 Å². The third kappa shape index (κ3) is 4.07. The first-order valence-electron chi connectivity index (χ1n) is 7.05. The highest BCUT2D eigenvalue weighted by Gasteiger charge is 2.32. The Labute approximate surface area is 134 Å². The van der Waals surface area contributed by atoms with E-state index in [-0.39, 0.29) is 16.3 Å². The van der Waals surface area contributed by atoms with Crippen molar-refractivity contribution < 1.29 is 13.2 Å². The third-order valence-electron chi connectivity index (χ3n) is 3.99. The van der Waals surface area contributed by atoms with Gasteiger partial charge in [-0.3, -0.25) is 4.79 Å². The standard InChI is InChI=1S/C15H20BrNO3S/c1-21(19,20)13-7-5-12(6-8-13)14(18)17-15(11-16)9-3-2-4-10-15/h5-8H,2-4,9-11H2,1H3,(H,17,18). The van der Waals surface area contributed by atoms with Gasteiger partial charge in [-0.2, -0.15) is 0 Å². The lowest BCUT2D eigenvalue weighted by atomic mass is 9.83. The van der Waals surface area contributed by atoms with E-state index in [1.54, 1.807) is 12.1 Å². The average molecular weight is 374 g/mol. The van der Waals surface area contributed by atoms with Gasteiger partial charge in [0.25, 0.3) is 5.91 Å². The Hall–Kier alpha value is -0.880. The summed E-state index contributed by atoms with van der Waals surface area (Å²) >= 11 is 3.51. The Morgan fingerprint density at radius 3 is 2.24 bits per heavy atom. The zero-order chi connectivity index (χ0) is 15.5. The Balaban J connectivity index is 2.13. The SMILES string of the molecule is CS(=O)(=O)c1ccc(C(=O)NC2(CBr)CCCCC2)cc1. The predicted molar refractivity (Wildman–Crippen MR) is 86.6 cm³/mol. The number of alkyl halides is 1. The first-order valence-corrected chi connectivity index (χ1v) is 10.1. The highest BCUT2D eigenvalue weighted by atomic mass is 79.9. The predicted octanol–water partition coefficient (Wildman–Crippen LogP) is 2.92. The summed E-state index contributed by atoms with van der Waals surface area (Å²) in [6.45, 7) is 0. The van der Waals surface area contributed by atoms with Crippen LogP contribution in [0.1, 0.15) is 42.5 Å². The van der Waals surface area contributed by atoms with Gasteiger partial charge in [-0.1, -0.05) is 35.2 Å². The molecule has 0 aliphatic heterocycles. The van der Waals surface area contributed by atoms with E-state index >= 15 is 0 Å². The van der Waals surface area contributed by atoms with Crippen LogP contribution in [0.15, 0.2) is 29.2 Å². The van der Waals surface area contributed by atoms with Crippen LogP contribution in [0.4, 0.5) is 0 Å². The lowest BCUT2D eigenvalue weighted by Gasteiger charge is -2.36. The fraction of sp³-hybridized carbons (Fsp3) is 0.533. The molecule has 1 aliphatic rings. The summed E-state index contributed by atoms with van der Waals surface area (Å²) in [6.07, 6.45) is 6.58. The molecule has 116 valence electrons. The van der Waals surface area contributed by atoms with E-state index in [9.17, 15) is 13.2 Å². The minimum atomic E-state index is -3.23. The second-order valence-corrected chi connectivity index (χ2v) is 8.30. The Morgan fingerprint density at radius 2 is 1.76 bits per heavy atom. The van der Waals surface area contributed by atoms with Crippen LogP contribution in [-0.2, 0) is 9.84 Å². The molecule has 1 saturated carbocycles. The van der Waals surface area contributed by atoms with Crippen molar-refractivity contribution in [3.8, 4) is 0 Å². The van der Waals surface area contributed by atoms with Crippen molar-refractivity contribution in [1.29, 1.82) is 0 Å². The van der Waals surface area contributed by atoms with E-state index in [1.807, 2.05) is 0 Å². The number of amides is 1. The molecule has 1 aromatic rings. The summed E-state index contributed by atoms with van der Waals surface area (Å²) < 4.78 is 22.8. The Bertz CT molecular complexity index is 604. The number of halogens is 1. The maximum absolute atomic E-state index is 12.4. The number of carbonyl (C=O) groups is 1. The van der Waals surface area contributed by atoms with Gasteiger partial charge in [-0.05, 0) is 37.1 Å². The second kappa shape index (κ2) is 6.48. The van der Waals surface area contributed by atoms with E-state index in [0.717, 1.165) is 37.3 Å². The maximum atomic E-state index is 12.4. The summed E-state index contributed by atoms with van der Waals surface area (Å²) in [5.41, 5.74) is 0.318. The number of nitrogens with one attached hydrogen (secondary N) is 1. The molecule has 6 heteroatoms. The molecular weight excluding hydrogens is 354 g/mol. The van der Waals surface area contributed by atoms with Gasteiger partial charge >= 0.3 is 0 Å². The summed E-state index contributed by atoms with van der Waals surface area (Å²) in [5.74, 6) is -0.142. The molecule has 21 heavy (non-hydrogen) atoms. The van der Waals surface area contributed by atoms with Gasteiger partial charge in [0.15, 0.2) is 9.84 Å². The highest BCUT2D eigenvalue weighted by molar-refractivity contribution is 9.09. The summed E-state index contributed by atoms with van der Waals surface area (Å²) in [7, 11) is -3.23. The number of sulfone groups is 1. The van der Waals surface area contributed by atoms with Gasteiger partial charge in [0.1, 0.15) is 0 Å². The molecule has 1 amide bonds. The van der Waals surface area contributed by atoms with Crippen LogP contribution < -0.4 is 5.32 Å². The fourth-order valence-electron chi connectivity index (χ4n) is 2.69.